The number of benzene rings is 1. The molecule has 0 saturated carbocycles. The van der Waals surface area contributed by atoms with Gasteiger partial charge in [0, 0.05) is 5.69 Å². The molecule has 2 rings (SSSR count). The van der Waals surface area contributed by atoms with Gasteiger partial charge in [-0.2, -0.15) is 0 Å². The number of halogens is 1. The average molecular weight is 279 g/mol. The smallest absolute Gasteiger partial charge is 0.334 e. The van der Waals surface area contributed by atoms with Crippen LogP contribution in [0.4, 0.5) is 17.2 Å². The standard InChI is InChI=1S/C12H11ClN4O2/c1-7-3-8(2)5-9(4-7)16-12-10(17(18)19)11(13)14-6-15-12/h3-6H,1-2H3,(H,14,15,16). The molecule has 1 aromatic carbocycles. The maximum absolute atomic E-state index is 11.0. The quantitative estimate of drug-likeness (QED) is 0.529. The van der Waals surface area contributed by atoms with E-state index in [1.54, 1.807) is 0 Å². The summed E-state index contributed by atoms with van der Waals surface area (Å²) in [5, 5.41) is 13.7. The molecule has 6 nitrogen and oxygen atoms in total. The lowest BCUT2D eigenvalue weighted by atomic mass is 10.1. The van der Waals surface area contributed by atoms with Crippen LogP contribution in [-0.2, 0) is 0 Å². The number of nitrogens with zero attached hydrogens (tertiary/aromatic N) is 3. The molecule has 1 heterocycles. The molecule has 0 bridgehead atoms. The third-order valence-corrected chi connectivity index (χ3v) is 2.72. The average Bonchev–Trinajstić information content (AvgIpc) is 2.26. The number of aromatic nitrogens is 2. The predicted molar refractivity (Wildman–Crippen MR) is 72.9 cm³/mol. The third kappa shape index (κ3) is 2.97. The Morgan fingerprint density at radius 1 is 1.21 bits per heavy atom. The van der Waals surface area contributed by atoms with Crippen molar-refractivity contribution in [2.75, 3.05) is 5.32 Å². The van der Waals surface area contributed by atoms with E-state index < -0.39 is 4.92 Å². The van der Waals surface area contributed by atoms with Crippen molar-refractivity contribution < 1.29 is 4.92 Å². The number of hydrogen-bond donors (Lipinski definition) is 1. The molecule has 0 aliphatic rings. The summed E-state index contributed by atoms with van der Waals surface area (Å²) in [6, 6.07) is 5.74. The molecule has 0 amide bonds. The molecule has 0 aliphatic heterocycles. The summed E-state index contributed by atoms with van der Waals surface area (Å²) in [5.74, 6) is 0.0787. The molecular weight excluding hydrogens is 268 g/mol. The molecule has 1 N–H and O–H groups in total. The second-order valence-corrected chi connectivity index (χ2v) is 4.48. The van der Waals surface area contributed by atoms with Crippen molar-refractivity contribution >= 4 is 28.8 Å². The van der Waals surface area contributed by atoms with Crippen molar-refractivity contribution in [3.05, 3.63) is 50.9 Å². The van der Waals surface area contributed by atoms with Crippen molar-refractivity contribution in [3.8, 4) is 0 Å². The Morgan fingerprint density at radius 2 is 1.84 bits per heavy atom. The lowest BCUT2D eigenvalue weighted by Crippen LogP contribution is -2.02. The van der Waals surface area contributed by atoms with Gasteiger partial charge in [-0.25, -0.2) is 9.97 Å². The summed E-state index contributed by atoms with van der Waals surface area (Å²) in [6.07, 6.45) is 1.18. The number of rotatable bonds is 3. The molecule has 19 heavy (non-hydrogen) atoms. The minimum absolute atomic E-state index is 0.0787. The minimum Gasteiger partial charge on any atom is -0.334 e. The first-order valence-electron chi connectivity index (χ1n) is 5.47. The summed E-state index contributed by atoms with van der Waals surface area (Å²) >= 11 is 5.72. The Kier molecular flexibility index (Phi) is 3.62. The van der Waals surface area contributed by atoms with E-state index in [2.05, 4.69) is 15.3 Å². The van der Waals surface area contributed by atoms with E-state index >= 15 is 0 Å². The number of nitrogens with one attached hydrogen (secondary N) is 1. The molecule has 7 heteroatoms. The molecule has 0 fully saturated rings. The van der Waals surface area contributed by atoms with Crippen LogP contribution in [0.25, 0.3) is 0 Å². The van der Waals surface area contributed by atoms with Gasteiger partial charge < -0.3 is 5.32 Å². The maximum atomic E-state index is 11.0. The summed E-state index contributed by atoms with van der Waals surface area (Å²) in [7, 11) is 0. The molecule has 0 atom stereocenters. The predicted octanol–water partition coefficient (Wildman–Crippen LogP) is 3.40. The van der Waals surface area contributed by atoms with Crippen LogP contribution in [-0.4, -0.2) is 14.9 Å². The van der Waals surface area contributed by atoms with Gasteiger partial charge in [-0.1, -0.05) is 17.7 Å². The molecule has 0 unspecified atom stereocenters. The Labute approximate surface area is 114 Å². The van der Waals surface area contributed by atoms with Crippen LogP contribution in [0.15, 0.2) is 24.5 Å². The van der Waals surface area contributed by atoms with Gasteiger partial charge in [-0.05, 0) is 37.1 Å². The zero-order chi connectivity index (χ0) is 14.0. The van der Waals surface area contributed by atoms with Crippen LogP contribution in [0.1, 0.15) is 11.1 Å². The number of hydrogen-bond acceptors (Lipinski definition) is 5. The molecular formula is C12H11ClN4O2. The molecule has 0 radical (unpaired) electrons. The summed E-state index contributed by atoms with van der Waals surface area (Å²) in [4.78, 5) is 17.8. The monoisotopic (exact) mass is 278 g/mol. The third-order valence-electron chi connectivity index (χ3n) is 2.44. The van der Waals surface area contributed by atoms with Gasteiger partial charge in [0.2, 0.25) is 11.0 Å². The van der Waals surface area contributed by atoms with Crippen molar-refractivity contribution in [2.45, 2.75) is 13.8 Å². The fourth-order valence-corrected chi connectivity index (χ4v) is 2.00. The SMILES string of the molecule is Cc1cc(C)cc(Nc2ncnc(Cl)c2[N+](=O)[O-])c1. The number of nitro groups is 1. The van der Waals surface area contributed by atoms with Gasteiger partial charge in [0.15, 0.2) is 0 Å². The Balaban J connectivity index is 2.43. The highest BCUT2D eigenvalue weighted by Crippen LogP contribution is 2.30. The van der Waals surface area contributed by atoms with Gasteiger partial charge in [-0.15, -0.1) is 0 Å². The zero-order valence-electron chi connectivity index (χ0n) is 10.3. The van der Waals surface area contributed by atoms with Crippen LogP contribution < -0.4 is 5.32 Å². The Morgan fingerprint density at radius 3 is 2.42 bits per heavy atom. The lowest BCUT2D eigenvalue weighted by molar-refractivity contribution is -0.384. The van der Waals surface area contributed by atoms with Crippen molar-refractivity contribution in [1.29, 1.82) is 0 Å². The Bertz CT molecular complexity index is 625. The highest BCUT2D eigenvalue weighted by molar-refractivity contribution is 6.31. The van der Waals surface area contributed by atoms with Crippen LogP contribution in [0.5, 0.6) is 0 Å². The highest BCUT2D eigenvalue weighted by Gasteiger charge is 2.21. The highest BCUT2D eigenvalue weighted by atomic mass is 35.5. The van der Waals surface area contributed by atoms with E-state index in [4.69, 9.17) is 11.6 Å². The second-order valence-electron chi connectivity index (χ2n) is 4.12. The molecule has 98 valence electrons. The first kappa shape index (κ1) is 13.2. The second kappa shape index (κ2) is 5.19. The van der Waals surface area contributed by atoms with E-state index in [0.29, 0.717) is 0 Å². The van der Waals surface area contributed by atoms with E-state index in [1.165, 1.54) is 6.33 Å². The fourth-order valence-electron chi connectivity index (χ4n) is 1.79. The van der Waals surface area contributed by atoms with Crippen molar-refractivity contribution in [3.63, 3.8) is 0 Å². The largest absolute Gasteiger partial charge is 0.348 e. The normalized spacial score (nSPS) is 10.3. The van der Waals surface area contributed by atoms with Crippen molar-refractivity contribution in [1.82, 2.24) is 9.97 Å². The molecule has 2 aromatic rings. The summed E-state index contributed by atoms with van der Waals surface area (Å²) in [6.45, 7) is 3.89. The van der Waals surface area contributed by atoms with Gasteiger partial charge in [0.05, 0.1) is 4.92 Å². The number of aryl methyl sites for hydroxylation is 2. The van der Waals surface area contributed by atoms with Gasteiger partial charge in [-0.3, -0.25) is 10.1 Å². The lowest BCUT2D eigenvalue weighted by Gasteiger charge is -2.08. The van der Waals surface area contributed by atoms with Crippen LogP contribution in [0.3, 0.4) is 0 Å². The van der Waals surface area contributed by atoms with Gasteiger partial charge in [0.25, 0.3) is 0 Å². The molecule has 0 aliphatic carbocycles. The van der Waals surface area contributed by atoms with E-state index in [-0.39, 0.29) is 16.7 Å². The zero-order valence-corrected chi connectivity index (χ0v) is 11.1. The summed E-state index contributed by atoms with van der Waals surface area (Å²) < 4.78 is 0. The minimum atomic E-state index is -0.604. The van der Waals surface area contributed by atoms with E-state index in [1.807, 2.05) is 32.0 Å². The first-order valence-corrected chi connectivity index (χ1v) is 5.85. The van der Waals surface area contributed by atoms with E-state index in [0.717, 1.165) is 16.8 Å². The molecule has 0 spiro atoms. The fraction of sp³-hybridized carbons (Fsp3) is 0.167. The first-order chi connectivity index (χ1) is 8.97. The van der Waals surface area contributed by atoms with Gasteiger partial charge >= 0.3 is 5.69 Å². The van der Waals surface area contributed by atoms with Crippen LogP contribution in [0, 0.1) is 24.0 Å². The van der Waals surface area contributed by atoms with Crippen LogP contribution in [0.2, 0.25) is 5.15 Å². The maximum Gasteiger partial charge on any atom is 0.348 e. The van der Waals surface area contributed by atoms with E-state index in [9.17, 15) is 10.1 Å². The van der Waals surface area contributed by atoms with Gasteiger partial charge in [0.1, 0.15) is 6.33 Å². The topological polar surface area (TPSA) is 81.0 Å². The number of anilines is 2. The molecule has 0 saturated heterocycles. The van der Waals surface area contributed by atoms with Crippen LogP contribution >= 0.6 is 11.6 Å². The van der Waals surface area contributed by atoms with Crippen molar-refractivity contribution in [2.24, 2.45) is 0 Å². The molecule has 1 aromatic heterocycles. The summed E-state index contributed by atoms with van der Waals surface area (Å²) in [5.41, 5.74) is 2.48. The Hall–Kier alpha value is -2.21.